The van der Waals surface area contributed by atoms with Crippen molar-refractivity contribution in [3.05, 3.63) is 0 Å². The Bertz CT molecular complexity index is 352. The fourth-order valence-electron chi connectivity index (χ4n) is 2.59. The zero-order chi connectivity index (χ0) is 16.0. The Morgan fingerprint density at radius 1 is 1.33 bits per heavy atom. The van der Waals surface area contributed by atoms with Crippen LogP contribution < -0.4 is 5.73 Å². The van der Waals surface area contributed by atoms with Gasteiger partial charge in [-0.25, -0.2) is 0 Å². The van der Waals surface area contributed by atoms with E-state index in [4.69, 9.17) is 10.8 Å². The van der Waals surface area contributed by atoms with Gasteiger partial charge in [-0.15, -0.1) is 0 Å². The predicted molar refractivity (Wildman–Crippen MR) is 81.9 cm³/mol. The first-order chi connectivity index (χ1) is 9.81. The van der Waals surface area contributed by atoms with Crippen LogP contribution in [0, 0.1) is 5.92 Å². The van der Waals surface area contributed by atoms with Crippen molar-refractivity contribution in [1.82, 2.24) is 9.80 Å². The standard InChI is InChI=1S/C15H29N3O3/c1-11(2)17(3)10-12-6-8-18(9-7-12)15(21)13(16)4-5-14(19)20/h11-13H,4-10,16H2,1-3H3,(H,19,20). The topological polar surface area (TPSA) is 86.9 Å². The van der Waals surface area contributed by atoms with E-state index in [0.29, 0.717) is 12.0 Å². The number of carbonyl (C=O) groups is 2. The summed E-state index contributed by atoms with van der Waals surface area (Å²) in [5, 5.41) is 8.63. The second-order valence-electron chi connectivity index (χ2n) is 6.34. The molecule has 0 spiro atoms. The van der Waals surface area contributed by atoms with Crippen molar-refractivity contribution in [2.75, 3.05) is 26.7 Å². The molecule has 0 aliphatic carbocycles. The Kier molecular flexibility index (Phi) is 7.11. The quantitative estimate of drug-likeness (QED) is 0.724. The van der Waals surface area contributed by atoms with E-state index < -0.39 is 12.0 Å². The minimum absolute atomic E-state index is 0.0530. The first kappa shape index (κ1) is 17.9. The molecule has 0 aromatic carbocycles. The lowest BCUT2D eigenvalue weighted by molar-refractivity contribution is -0.138. The van der Waals surface area contributed by atoms with Crippen LogP contribution in [0.3, 0.4) is 0 Å². The minimum Gasteiger partial charge on any atom is -0.481 e. The van der Waals surface area contributed by atoms with Crippen LogP contribution in [0.5, 0.6) is 0 Å². The first-order valence-electron chi connectivity index (χ1n) is 7.77. The van der Waals surface area contributed by atoms with E-state index in [2.05, 4.69) is 25.8 Å². The van der Waals surface area contributed by atoms with Crippen LogP contribution in [0.1, 0.15) is 39.5 Å². The number of aliphatic carboxylic acids is 1. The van der Waals surface area contributed by atoms with E-state index in [1.165, 1.54) is 0 Å². The van der Waals surface area contributed by atoms with Gasteiger partial charge in [-0.3, -0.25) is 9.59 Å². The number of piperidine rings is 1. The van der Waals surface area contributed by atoms with Gasteiger partial charge in [0.25, 0.3) is 0 Å². The van der Waals surface area contributed by atoms with Crippen LogP contribution in [0.15, 0.2) is 0 Å². The SMILES string of the molecule is CC(C)N(C)CC1CCN(C(=O)C(N)CCC(=O)O)CC1. The van der Waals surface area contributed by atoms with Crippen molar-refractivity contribution >= 4 is 11.9 Å². The highest BCUT2D eigenvalue weighted by molar-refractivity contribution is 5.82. The number of hydrogen-bond acceptors (Lipinski definition) is 4. The minimum atomic E-state index is -0.909. The Morgan fingerprint density at radius 3 is 2.38 bits per heavy atom. The lowest BCUT2D eigenvalue weighted by Crippen LogP contribution is -2.48. The highest BCUT2D eigenvalue weighted by Crippen LogP contribution is 2.19. The third-order valence-corrected chi connectivity index (χ3v) is 4.34. The van der Waals surface area contributed by atoms with Crippen molar-refractivity contribution in [2.24, 2.45) is 11.7 Å². The molecule has 1 aliphatic rings. The third kappa shape index (κ3) is 6.01. The molecule has 1 aliphatic heterocycles. The molecular formula is C15H29N3O3. The van der Waals surface area contributed by atoms with Gasteiger partial charge in [0.1, 0.15) is 0 Å². The Morgan fingerprint density at radius 2 is 1.90 bits per heavy atom. The Balaban J connectivity index is 2.34. The molecule has 1 amide bonds. The lowest BCUT2D eigenvalue weighted by atomic mass is 9.95. The number of carbonyl (C=O) groups excluding carboxylic acids is 1. The van der Waals surface area contributed by atoms with Gasteiger partial charge in [0.05, 0.1) is 6.04 Å². The van der Waals surface area contributed by atoms with Crippen LogP contribution >= 0.6 is 0 Å². The van der Waals surface area contributed by atoms with Gasteiger partial charge >= 0.3 is 5.97 Å². The Hall–Kier alpha value is -1.14. The molecule has 0 aromatic heterocycles. The molecule has 1 rings (SSSR count). The van der Waals surface area contributed by atoms with Gasteiger partial charge in [-0.2, -0.15) is 0 Å². The summed E-state index contributed by atoms with van der Waals surface area (Å²) >= 11 is 0. The largest absolute Gasteiger partial charge is 0.481 e. The van der Waals surface area contributed by atoms with Crippen LogP contribution in [-0.2, 0) is 9.59 Å². The van der Waals surface area contributed by atoms with Crippen LogP contribution in [-0.4, -0.2) is 65.5 Å². The number of carboxylic acid groups (broad SMARTS) is 1. The van der Waals surface area contributed by atoms with Gasteiger partial charge in [-0.1, -0.05) is 0 Å². The summed E-state index contributed by atoms with van der Waals surface area (Å²) in [6, 6.07) is -0.148. The second kappa shape index (κ2) is 8.34. The van der Waals surface area contributed by atoms with E-state index in [1.807, 2.05) is 0 Å². The third-order valence-electron chi connectivity index (χ3n) is 4.34. The second-order valence-corrected chi connectivity index (χ2v) is 6.34. The van der Waals surface area contributed by atoms with Crippen LogP contribution in [0.4, 0.5) is 0 Å². The molecule has 122 valence electrons. The summed E-state index contributed by atoms with van der Waals surface area (Å²) in [6.07, 6.45) is 2.15. The van der Waals surface area contributed by atoms with E-state index in [0.717, 1.165) is 32.5 Å². The maximum atomic E-state index is 12.1. The van der Waals surface area contributed by atoms with E-state index in [9.17, 15) is 9.59 Å². The van der Waals surface area contributed by atoms with Crippen molar-refractivity contribution in [3.8, 4) is 0 Å². The van der Waals surface area contributed by atoms with E-state index in [-0.39, 0.29) is 18.7 Å². The molecule has 1 saturated heterocycles. The number of rotatable bonds is 7. The molecule has 1 heterocycles. The van der Waals surface area contributed by atoms with Gasteiger partial charge in [0.2, 0.25) is 5.91 Å². The molecule has 21 heavy (non-hydrogen) atoms. The van der Waals surface area contributed by atoms with Gasteiger partial charge < -0.3 is 20.6 Å². The van der Waals surface area contributed by atoms with Crippen molar-refractivity contribution < 1.29 is 14.7 Å². The lowest BCUT2D eigenvalue weighted by Gasteiger charge is -2.35. The zero-order valence-electron chi connectivity index (χ0n) is 13.4. The molecular weight excluding hydrogens is 270 g/mol. The maximum Gasteiger partial charge on any atom is 0.303 e. The van der Waals surface area contributed by atoms with Crippen molar-refractivity contribution in [2.45, 2.75) is 51.6 Å². The highest BCUT2D eigenvalue weighted by atomic mass is 16.4. The summed E-state index contributed by atoms with van der Waals surface area (Å²) in [5.41, 5.74) is 5.79. The summed E-state index contributed by atoms with van der Waals surface area (Å²) < 4.78 is 0. The van der Waals surface area contributed by atoms with Crippen molar-refractivity contribution in [1.29, 1.82) is 0 Å². The summed E-state index contributed by atoms with van der Waals surface area (Å²) in [4.78, 5) is 26.8. The van der Waals surface area contributed by atoms with Crippen LogP contribution in [0.25, 0.3) is 0 Å². The first-order valence-corrected chi connectivity index (χ1v) is 7.77. The number of nitrogens with two attached hydrogens (primary N) is 1. The summed E-state index contributed by atoms with van der Waals surface area (Å²) in [5.74, 6) is -0.391. The number of carboxylic acids is 1. The molecule has 0 radical (unpaired) electrons. The highest BCUT2D eigenvalue weighted by Gasteiger charge is 2.27. The van der Waals surface area contributed by atoms with Gasteiger partial charge in [0, 0.05) is 32.1 Å². The number of hydrogen-bond donors (Lipinski definition) is 2. The summed E-state index contributed by atoms with van der Waals surface area (Å²) in [6.45, 7) is 6.89. The predicted octanol–water partition coefficient (Wildman–Crippen LogP) is 0.757. The van der Waals surface area contributed by atoms with Crippen LogP contribution in [0.2, 0.25) is 0 Å². The molecule has 1 unspecified atom stereocenters. The molecule has 0 saturated carbocycles. The fourth-order valence-corrected chi connectivity index (χ4v) is 2.59. The smallest absolute Gasteiger partial charge is 0.303 e. The van der Waals surface area contributed by atoms with E-state index >= 15 is 0 Å². The monoisotopic (exact) mass is 299 g/mol. The van der Waals surface area contributed by atoms with Gasteiger partial charge in [-0.05, 0) is 46.1 Å². The number of likely N-dealkylation sites (tertiary alicyclic amines) is 1. The molecule has 6 nitrogen and oxygen atoms in total. The molecule has 3 N–H and O–H groups in total. The average Bonchev–Trinajstić information content (AvgIpc) is 2.44. The van der Waals surface area contributed by atoms with E-state index in [1.54, 1.807) is 4.90 Å². The molecule has 0 bridgehead atoms. The van der Waals surface area contributed by atoms with Crippen molar-refractivity contribution in [3.63, 3.8) is 0 Å². The maximum absolute atomic E-state index is 12.1. The summed E-state index contributed by atoms with van der Waals surface area (Å²) in [7, 11) is 2.13. The fraction of sp³-hybridized carbons (Fsp3) is 0.867. The molecule has 6 heteroatoms. The number of nitrogens with zero attached hydrogens (tertiary/aromatic N) is 2. The Labute approximate surface area is 127 Å². The molecule has 1 fully saturated rings. The van der Waals surface area contributed by atoms with Gasteiger partial charge in [0.15, 0.2) is 0 Å². The number of amides is 1. The average molecular weight is 299 g/mol. The normalized spacial score (nSPS) is 18.3. The molecule has 0 aromatic rings. The zero-order valence-corrected chi connectivity index (χ0v) is 13.4. The molecule has 1 atom stereocenters.